The molecular formula is C23H36IN5S. The minimum absolute atomic E-state index is 0. The summed E-state index contributed by atoms with van der Waals surface area (Å²) >= 11 is 1.79. The molecule has 1 aromatic carbocycles. The first kappa shape index (κ1) is 25.1. The first-order valence-corrected chi connectivity index (χ1v) is 11.9. The van der Waals surface area contributed by atoms with Crippen molar-refractivity contribution in [1.29, 1.82) is 0 Å². The summed E-state index contributed by atoms with van der Waals surface area (Å²) in [5.41, 5.74) is 2.59. The van der Waals surface area contributed by atoms with E-state index in [0.29, 0.717) is 5.92 Å². The minimum atomic E-state index is 0. The molecule has 0 atom stereocenters. The van der Waals surface area contributed by atoms with Crippen molar-refractivity contribution in [3.05, 3.63) is 52.0 Å². The average Bonchev–Trinajstić information content (AvgIpc) is 3.21. The van der Waals surface area contributed by atoms with Crippen molar-refractivity contribution >= 4 is 41.3 Å². The van der Waals surface area contributed by atoms with E-state index in [4.69, 9.17) is 9.98 Å². The molecule has 0 aliphatic carbocycles. The van der Waals surface area contributed by atoms with Crippen molar-refractivity contribution in [2.24, 2.45) is 10.9 Å². The zero-order valence-corrected chi connectivity index (χ0v) is 21.4. The van der Waals surface area contributed by atoms with Crippen molar-refractivity contribution < 1.29 is 0 Å². The van der Waals surface area contributed by atoms with Crippen molar-refractivity contribution in [2.75, 3.05) is 32.7 Å². The molecule has 30 heavy (non-hydrogen) atoms. The van der Waals surface area contributed by atoms with Crippen molar-refractivity contribution in [2.45, 2.75) is 46.1 Å². The molecule has 0 saturated carbocycles. The number of likely N-dealkylation sites (tertiary alicyclic amines) is 1. The number of aliphatic imine (C=N–C) groups is 1. The molecule has 2 N–H and O–H groups in total. The van der Waals surface area contributed by atoms with Gasteiger partial charge >= 0.3 is 0 Å². The van der Waals surface area contributed by atoms with Gasteiger partial charge in [-0.2, -0.15) is 0 Å². The van der Waals surface area contributed by atoms with E-state index in [1.807, 2.05) is 0 Å². The fourth-order valence-electron chi connectivity index (χ4n) is 3.67. The first-order chi connectivity index (χ1) is 14.3. The summed E-state index contributed by atoms with van der Waals surface area (Å²) in [6, 6.07) is 10.6. The van der Waals surface area contributed by atoms with E-state index < -0.39 is 0 Å². The zero-order chi connectivity index (χ0) is 20.3. The SMILES string of the molecule is CCNC(=NCC1CCN(Cc2csc(CC)n2)CC1)NCCc1ccccc1.I. The number of aryl methyl sites for hydroxylation is 1. The van der Waals surface area contributed by atoms with E-state index in [9.17, 15) is 0 Å². The van der Waals surface area contributed by atoms with Gasteiger partial charge in [-0.25, -0.2) is 4.98 Å². The smallest absolute Gasteiger partial charge is 0.191 e. The molecule has 1 aliphatic heterocycles. The van der Waals surface area contributed by atoms with E-state index in [2.05, 4.69) is 65.1 Å². The molecule has 1 aromatic heterocycles. The molecule has 0 spiro atoms. The van der Waals surface area contributed by atoms with Crippen LogP contribution < -0.4 is 10.6 Å². The third-order valence-electron chi connectivity index (χ3n) is 5.40. The lowest BCUT2D eigenvalue weighted by Crippen LogP contribution is -2.39. The van der Waals surface area contributed by atoms with Gasteiger partial charge < -0.3 is 10.6 Å². The molecule has 166 valence electrons. The summed E-state index contributed by atoms with van der Waals surface area (Å²) < 4.78 is 0. The quantitative estimate of drug-likeness (QED) is 0.282. The summed E-state index contributed by atoms with van der Waals surface area (Å²) in [5, 5.41) is 10.3. The molecular weight excluding hydrogens is 505 g/mol. The van der Waals surface area contributed by atoms with Crippen LogP contribution in [0.2, 0.25) is 0 Å². The summed E-state index contributed by atoms with van der Waals surface area (Å²) in [5.74, 6) is 1.62. The van der Waals surface area contributed by atoms with Crippen LogP contribution in [0.5, 0.6) is 0 Å². The van der Waals surface area contributed by atoms with Gasteiger partial charge in [-0.1, -0.05) is 37.3 Å². The molecule has 0 amide bonds. The molecule has 3 rings (SSSR count). The zero-order valence-electron chi connectivity index (χ0n) is 18.3. The van der Waals surface area contributed by atoms with Crippen LogP contribution in [-0.4, -0.2) is 48.6 Å². The maximum atomic E-state index is 4.86. The molecule has 7 heteroatoms. The minimum Gasteiger partial charge on any atom is -0.357 e. The molecule has 0 bridgehead atoms. The van der Waals surface area contributed by atoms with Crippen LogP contribution in [0.1, 0.15) is 43.0 Å². The van der Waals surface area contributed by atoms with Gasteiger partial charge in [0.1, 0.15) is 0 Å². The van der Waals surface area contributed by atoms with Gasteiger partial charge in [0.2, 0.25) is 0 Å². The van der Waals surface area contributed by atoms with Gasteiger partial charge in [0, 0.05) is 31.6 Å². The van der Waals surface area contributed by atoms with Crippen LogP contribution in [-0.2, 0) is 19.4 Å². The summed E-state index contributed by atoms with van der Waals surface area (Å²) in [7, 11) is 0. The fourth-order valence-corrected chi connectivity index (χ4v) is 4.41. The van der Waals surface area contributed by atoms with Crippen LogP contribution in [0, 0.1) is 5.92 Å². The lowest BCUT2D eigenvalue weighted by Gasteiger charge is -2.30. The summed E-state index contributed by atoms with van der Waals surface area (Å²) in [6.45, 7) is 10.3. The average molecular weight is 542 g/mol. The maximum Gasteiger partial charge on any atom is 0.191 e. The Morgan fingerprint density at radius 3 is 2.60 bits per heavy atom. The van der Waals surface area contributed by atoms with Gasteiger partial charge in [0.25, 0.3) is 0 Å². The lowest BCUT2D eigenvalue weighted by molar-refractivity contribution is 0.179. The van der Waals surface area contributed by atoms with Crippen LogP contribution in [0.4, 0.5) is 0 Å². The number of thiazole rings is 1. The summed E-state index contributed by atoms with van der Waals surface area (Å²) in [4.78, 5) is 12.1. The number of hydrogen-bond donors (Lipinski definition) is 2. The van der Waals surface area contributed by atoms with E-state index in [-0.39, 0.29) is 24.0 Å². The molecule has 1 saturated heterocycles. The fraction of sp³-hybridized carbons (Fsp3) is 0.565. The van der Waals surface area contributed by atoms with Crippen molar-refractivity contribution in [3.63, 3.8) is 0 Å². The standard InChI is InChI=1S/C23H35N5S.HI/c1-3-22-27-21(18-29-22)17-28-14-11-20(12-15-28)16-26-23(24-4-2)25-13-10-19-8-6-5-7-9-19;/h5-9,18,20H,3-4,10-17H2,1-2H3,(H2,24,25,26);1H. The second-order valence-corrected chi connectivity index (χ2v) is 8.63. The van der Waals surface area contributed by atoms with Gasteiger partial charge in [0.05, 0.1) is 10.7 Å². The highest BCUT2D eigenvalue weighted by Crippen LogP contribution is 2.20. The number of nitrogens with one attached hydrogen (secondary N) is 2. The Hall–Kier alpha value is -1.19. The summed E-state index contributed by atoms with van der Waals surface area (Å²) in [6.07, 6.45) is 4.49. The van der Waals surface area contributed by atoms with Crippen LogP contribution in [0.3, 0.4) is 0 Å². The number of rotatable bonds is 9. The van der Waals surface area contributed by atoms with Crippen LogP contribution in [0.15, 0.2) is 40.7 Å². The van der Waals surface area contributed by atoms with Crippen molar-refractivity contribution in [3.8, 4) is 0 Å². The van der Waals surface area contributed by atoms with E-state index >= 15 is 0 Å². The van der Waals surface area contributed by atoms with E-state index in [1.165, 1.54) is 29.1 Å². The third-order valence-corrected chi connectivity index (χ3v) is 6.44. The van der Waals surface area contributed by atoms with Gasteiger partial charge in [-0.15, -0.1) is 35.3 Å². The number of piperidine rings is 1. The third kappa shape index (κ3) is 8.51. The predicted molar refractivity (Wildman–Crippen MR) is 139 cm³/mol. The number of benzene rings is 1. The topological polar surface area (TPSA) is 52.6 Å². The Kier molecular flexibility index (Phi) is 11.7. The predicted octanol–water partition coefficient (Wildman–Crippen LogP) is 4.33. The highest BCUT2D eigenvalue weighted by Gasteiger charge is 2.19. The monoisotopic (exact) mass is 541 g/mol. The Morgan fingerprint density at radius 1 is 1.17 bits per heavy atom. The molecule has 2 aromatic rings. The molecule has 1 aliphatic rings. The van der Waals surface area contributed by atoms with E-state index in [0.717, 1.165) is 58.1 Å². The largest absolute Gasteiger partial charge is 0.357 e. The Balaban J connectivity index is 0.00000320. The molecule has 0 radical (unpaired) electrons. The van der Waals surface area contributed by atoms with Crippen LogP contribution in [0.25, 0.3) is 0 Å². The molecule has 2 heterocycles. The van der Waals surface area contributed by atoms with Crippen LogP contribution >= 0.6 is 35.3 Å². The van der Waals surface area contributed by atoms with Crippen molar-refractivity contribution in [1.82, 2.24) is 20.5 Å². The number of aromatic nitrogens is 1. The lowest BCUT2D eigenvalue weighted by atomic mass is 9.97. The van der Waals surface area contributed by atoms with E-state index in [1.54, 1.807) is 11.3 Å². The Morgan fingerprint density at radius 2 is 1.93 bits per heavy atom. The number of nitrogens with zero attached hydrogens (tertiary/aromatic N) is 3. The maximum absolute atomic E-state index is 4.86. The Labute approximate surface area is 202 Å². The molecule has 0 unspecified atom stereocenters. The Bertz CT molecular complexity index is 741. The van der Waals surface area contributed by atoms with Gasteiger partial charge in [0.15, 0.2) is 5.96 Å². The highest BCUT2D eigenvalue weighted by atomic mass is 127. The molecule has 5 nitrogen and oxygen atoms in total. The number of guanidine groups is 1. The van der Waals surface area contributed by atoms with Gasteiger partial charge in [-0.3, -0.25) is 9.89 Å². The second kappa shape index (κ2) is 14.0. The first-order valence-electron chi connectivity index (χ1n) is 11.0. The van der Waals surface area contributed by atoms with Gasteiger partial charge in [-0.05, 0) is 57.2 Å². The molecule has 1 fully saturated rings. The highest BCUT2D eigenvalue weighted by molar-refractivity contribution is 14.0. The normalized spacial score (nSPS) is 15.6. The number of halogens is 1. The number of hydrogen-bond acceptors (Lipinski definition) is 4. The second-order valence-electron chi connectivity index (χ2n) is 7.69.